The Morgan fingerprint density at radius 2 is 1.93 bits per heavy atom. The van der Waals surface area contributed by atoms with Crippen LogP contribution in [0.15, 0.2) is 4.42 Å². The molecule has 0 bridgehead atoms. The molecule has 4 nitrogen and oxygen atoms in total. The normalized spacial score (nSPS) is 10.4. The molecule has 15 heavy (non-hydrogen) atoms. The molecule has 1 aromatic heterocycles. The van der Waals surface area contributed by atoms with Crippen molar-refractivity contribution in [2.24, 2.45) is 0 Å². The summed E-state index contributed by atoms with van der Waals surface area (Å²) in [4.78, 5) is 17.9. The lowest BCUT2D eigenvalue weighted by atomic mass is 10.2. The smallest absolute Gasteiger partial charge is 0.276 e. The van der Waals surface area contributed by atoms with Gasteiger partial charge in [-0.2, -0.15) is 0 Å². The van der Waals surface area contributed by atoms with Crippen molar-refractivity contribution in [2.75, 3.05) is 13.1 Å². The first kappa shape index (κ1) is 11.8. The van der Waals surface area contributed by atoms with Gasteiger partial charge in [0.15, 0.2) is 11.6 Å². The Morgan fingerprint density at radius 1 is 1.33 bits per heavy atom. The number of carbonyl (C=O) groups is 1. The molecule has 4 heteroatoms. The molecule has 0 aliphatic heterocycles. The van der Waals surface area contributed by atoms with Gasteiger partial charge in [0, 0.05) is 26.4 Å². The zero-order valence-corrected chi connectivity index (χ0v) is 9.83. The van der Waals surface area contributed by atoms with Crippen molar-refractivity contribution in [1.82, 2.24) is 9.88 Å². The molecule has 0 N–H and O–H groups in total. The van der Waals surface area contributed by atoms with Gasteiger partial charge in [0.2, 0.25) is 0 Å². The van der Waals surface area contributed by atoms with Crippen LogP contribution in [0.3, 0.4) is 0 Å². The van der Waals surface area contributed by atoms with Crippen LogP contribution in [0, 0.1) is 6.92 Å². The third-order valence-corrected chi connectivity index (χ3v) is 2.38. The zero-order chi connectivity index (χ0) is 11.4. The largest absolute Gasteiger partial charge is 0.445 e. The Balaban J connectivity index is 2.98. The lowest BCUT2D eigenvalue weighted by Crippen LogP contribution is -2.31. The maximum absolute atomic E-state index is 12.0. The van der Waals surface area contributed by atoms with Gasteiger partial charge < -0.3 is 9.32 Å². The SMILES string of the molecule is CCc1oc(C)nc1C(=O)N(CC)CC. The van der Waals surface area contributed by atoms with Crippen LogP contribution in [0.25, 0.3) is 0 Å². The Bertz CT molecular complexity index is 340. The molecule has 1 rings (SSSR count). The molecule has 84 valence electrons. The Kier molecular flexibility index (Phi) is 3.88. The van der Waals surface area contributed by atoms with E-state index in [0.29, 0.717) is 36.9 Å². The molecule has 0 aliphatic carbocycles. The number of rotatable bonds is 4. The summed E-state index contributed by atoms with van der Waals surface area (Å²) in [5.41, 5.74) is 0.471. The summed E-state index contributed by atoms with van der Waals surface area (Å²) in [5.74, 6) is 1.21. The first-order chi connectivity index (χ1) is 7.13. The van der Waals surface area contributed by atoms with Crippen molar-refractivity contribution < 1.29 is 9.21 Å². The summed E-state index contributed by atoms with van der Waals surface area (Å²) in [6.45, 7) is 9.03. The number of aryl methyl sites for hydroxylation is 2. The molecule has 0 saturated carbocycles. The van der Waals surface area contributed by atoms with Gasteiger partial charge in [-0.1, -0.05) is 6.92 Å². The maximum Gasteiger partial charge on any atom is 0.276 e. The first-order valence-corrected chi connectivity index (χ1v) is 5.39. The molecule has 0 aliphatic rings. The highest BCUT2D eigenvalue weighted by Crippen LogP contribution is 2.13. The number of nitrogens with zero attached hydrogens (tertiary/aromatic N) is 2. The molecular weight excluding hydrogens is 192 g/mol. The van der Waals surface area contributed by atoms with Crippen LogP contribution in [0.4, 0.5) is 0 Å². The summed E-state index contributed by atoms with van der Waals surface area (Å²) in [6.07, 6.45) is 0.698. The van der Waals surface area contributed by atoms with Crippen LogP contribution in [-0.4, -0.2) is 28.9 Å². The average molecular weight is 210 g/mol. The van der Waals surface area contributed by atoms with E-state index in [1.807, 2.05) is 20.8 Å². The van der Waals surface area contributed by atoms with Gasteiger partial charge in [-0.15, -0.1) is 0 Å². The van der Waals surface area contributed by atoms with Crippen molar-refractivity contribution >= 4 is 5.91 Å². The number of oxazole rings is 1. The fourth-order valence-corrected chi connectivity index (χ4v) is 1.54. The van der Waals surface area contributed by atoms with Crippen LogP contribution < -0.4 is 0 Å². The second-order valence-electron chi connectivity index (χ2n) is 3.34. The van der Waals surface area contributed by atoms with Gasteiger partial charge in [0.05, 0.1) is 0 Å². The fourth-order valence-electron chi connectivity index (χ4n) is 1.54. The van der Waals surface area contributed by atoms with E-state index in [-0.39, 0.29) is 5.91 Å². The van der Waals surface area contributed by atoms with E-state index in [4.69, 9.17) is 4.42 Å². The van der Waals surface area contributed by atoms with Gasteiger partial charge >= 0.3 is 0 Å². The van der Waals surface area contributed by atoms with Crippen LogP contribution in [0.2, 0.25) is 0 Å². The predicted octanol–water partition coefficient (Wildman–Crippen LogP) is 2.03. The van der Waals surface area contributed by atoms with E-state index in [0.717, 1.165) is 0 Å². The molecule has 0 spiro atoms. The van der Waals surface area contributed by atoms with Crippen molar-refractivity contribution in [3.05, 3.63) is 17.3 Å². The fraction of sp³-hybridized carbons (Fsp3) is 0.636. The van der Waals surface area contributed by atoms with Crippen LogP contribution in [-0.2, 0) is 6.42 Å². The molecule has 0 fully saturated rings. The minimum Gasteiger partial charge on any atom is -0.445 e. The van der Waals surface area contributed by atoms with E-state index in [2.05, 4.69) is 4.98 Å². The highest BCUT2D eigenvalue weighted by molar-refractivity contribution is 5.93. The van der Waals surface area contributed by atoms with Crippen molar-refractivity contribution in [3.8, 4) is 0 Å². The van der Waals surface area contributed by atoms with Crippen LogP contribution in [0.5, 0.6) is 0 Å². The number of aromatic nitrogens is 1. The highest BCUT2D eigenvalue weighted by Gasteiger charge is 2.20. The molecule has 0 aromatic carbocycles. The molecule has 1 amide bonds. The van der Waals surface area contributed by atoms with Gasteiger partial charge in [0.1, 0.15) is 5.76 Å². The zero-order valence-electron chi connectivity index (χ0n) is 9.83. The number of carbonyl (C=O) groups excluding carboxylic acids is 1. The third-order valence-electron chi connectivity index (χ3n) is 2.38. The second kappa shape index (κ2) is 4.96. The minimum absolute atomic E-state index is 0.0336. The number of amides is 1. The monoisotopic (exact) mass is 210 g/mol. The Hall–Kier alpha value is -1.32. The van der Waals surface area contributed by atoms with E-state index < -0.39 is 0 Å². The third kappa shape index (κ3) is 2.37. The Labute approximate surface area is 90.3 Å². The standard InChI is InChI=1S/C11H18N2O2/c1-5-9-10(12-8(4)15-9)11(14)13(6-2)7-3/h5-7H2,1-4H3. The molecule has 1 heterocycles. The minimum atomic E-state index is -0.0336. The first-order valence-electron chi connectivity index (χ1n) is 5.39. The summed E-state index contributed by atoms with van der Waals surface area (Å²) >= 11 is 0. The maximum atomic E-state index is 12.0. The Morgan fingerprint density at radius 3 is 2.40 bits per heavy atom. The van der Waals surface area contributed by atoms with Crippen molar-refractivity contribution in [1.29, 1.82) is 0 Å². The van der Waals surface area contributed by atoms with E-state index >= 15 is 0 Å². The lowest BCUT2D eigenvalue weighted by molar-refractivity contribution is 0.0765. The van der Waals surface area contributed by atoms with E-state index in [1.54, 1.807) is 11.8 Å². The summed E-state index contributed by atoms with van der Waals surface area (Å²) in [5, 5.41) is 0. The lowest BCUT2D eigenvalue weighted by Gasteiger charge is -2.17. The van der Waals surface area contributed by atoms with Crippen molar-refractivity contribution in [2.45, 2.75) is 34.1 Å². The average Bonchev–Trinajstić information content (AvgIpc) is 2.61. The topological polar surface area (TPSA) is 46.3 Å². The van der Waals surface area contributed by atoms with Gasteiger partial charge in [-0.3, -0.25) is 4.79 Å². The number of hydrogen-bond acceptors (Lipinski definition) is 3. The predicted molar refractivity (Wildman–Crippen MR) is 57.9 cm³/mol. The van der Waals surface area contributed by atoms with Crippen molar-refractivity contribution in [3.63, 3.8) is 0 Å². The van der Waals surface area contributed by atoms with E-state index in [1.165, 1.54) is 0 Å². The summed E-state index contributed by atoms with van der Waals surface area (Å²) in [6, 6.07) is 0. The molecule has 0 atom stereocenters. The molecular formula is C11H18N2O2. The second-order valence-corrected chi connectivity index (χ2v) is 3.34. The number of hydrogen-bond donors (Lipinski definition) is 0. The quantitative estimate of drug-likeness (QED) is 0.763. The van der Waals surface area contributed by atoms with Crippen LogP contribution >= 0.6 is 0 Å². The highest BCUT2D eigenvalue weighted by atomic mass is 16.4. The van der Waals surface area contributed by atoms with E-state index in [9.17, 15) is 4.79 Å². The summed E-state index contributed by atoms with van der Waals surface area (Å²) in [7, 11) is 0. The molecule has 0 radical (unpaired) electrons. The molecule has 0 saturated heterocycles. The van der Waals surface area contributed by atoms with Gasteiger partial charge in [-0.05, 0) is 13.8 Å². The summed E-state index contributed by atoms with van der Waals surface area (Å²) < 4.78 is 5.37. The van der Waals surface area contributed by atoms with Crippen LogP contribution in [0.1, 0.15) is 42.9 Å². The van der Waals surface area contributed by atoms with Gasteiger partial charge in [0.25, 0.3) is 5.91 Å². The molecule has 0 unspecified atom stereocenters. The molecule has 1 aromatic rings. The van der Waals surface area contributed by atoms with Gasteiger partial charge in [-0.25, -0.2) is 4.98 Å².